The molecule has 0 unspecified atom stereocenters. The highest BCUT2D eigenvalue weighted by atomic mass is 16.3. The summed E-state index contributed by atoms with van der Waals surface area (Å²) in [6.45, 7) is 5.44. The van der Waals surface area contributed by atoms with Gasteiger partial charge in [0.2, 0.25) is 0 Å². The number of hydrogen-bond acceptors (Lipinski definition) is 2. The topological polar surface area (TPSA) is 21.3 Å². The number of fused-ring (bicyclic) bond motifs is 9. The molecule has 0 bridgehead atoms. The third-order valence-electron chi connectivity index (χ3n) is 11.2. The van der Waals surface area contributed by atoms with E-state index >= 15 is 0 Å². The Balaban J connectivity index is 1.17. The lowest BCUT2D eigenvalue weighted by atomic mass is 9.77. The Hall–Kier alpha value is -6.06. The predicted octanol–water partition coefficient (Wildman–Crippen LogP) is 12.7. The predicted molar refractivity (Wildman–Crippen MR) is 209 cm³/mol. The van der Waals surface area contributed by atoms with Gasteiger partial charge in [0.25, 0.3) is 0 Å². The Labute approximate surface area is 291 Å². The normalized spacial score (nSPS) is 15.2. The number of aromatic nitrogens is 1. The van der Waals surface area contributed by atoms with Crippen LogP contribution < -0.4 is 4.90 Å². The Bertz CT molecular complexity index is 2750. The van der Waals surface area contributed by atoms with E-state index in [1.54, 1.807) is 0 Å². The molecule has 3 nitrogen and oxygen atoms in total. The van der Waals surface area contributed by atoms with Crippen molar-refractivity contribution >= 4 is 55.1 Å². The number of nitrogens with zero attached hydrogens (tertiary/aromatic N) is 2. The van der Waals surface area contributed by atoms with Crippen molar-refractivity contribution in [2.24, 2.45) is 0 Å². The summed E-state index contributed by atoms with van der Waals surface area (Å²) in [4.78, 5) is 2.45. The maximum atomic E-state index is 6.42. The van der Waals surface area contributed by atoms with Gasteiger partial charge in [-0.05, 0) is 82.8 Å². The molecule has 0 radical (unpaired) electrons. The molecule has 7 aromatic carbocycles. The van der Waals surface area contributed by atoms with Crippen LogP contribution in [0.2, 0.25) is 0 Å². The molecule has 1 atom stereocenters. The Morgan fingerprint density at radius 1 is 0.540 bits per heavy atom. The van der Waals surface area contributed by atoms with E-state index in [2.05, 4.69) is 175 Å². The van der Waals surface area contributed by atoms with Crippen LogP contribution in [0.5, 0.6) is 0 Å². The lowest BCUT2D eigenvalue weighted by molar-refractivity contribution is 0.564. The molecule has 0 fully saturated rings. The van der Waals surface area contributed by atoms with Crippen molar-refractivity contribution in [2.45, 2.75) is 32.2 Å². The lowest BCUT2D eigenvalue weighted by Crippen LogP contribution is -2.20. The fourth-order valence-corrected chi connectivity index (χ4v) is 8.49. The fraction of sp³-hybridized carbons (Fsp3) is 0.106. The van der Waals surface area contributed by atoms with E-state index in [9.17, 15) is 0 Å². The fourth-order valence-electron chi connectivity index (χ4n) is 8.49. The van der Waals surface area contributed by atoms with Crippen molar-refractivity contribution in [2.75, 3.05) is 4.90 Å². The highest BCUT2D eigenvalue weighted by Crippen LogP contribution is 2.51. The molecular weight excluding hydrogens is 609 g/mol. The molecule has 0 aliphatic heterocycles. The van der Waals surface area contributed by atoms with E-state index in [4.69, 9.17) is 4.42 Å². The van der Waals surface area contributed by atoms with Crippen molar-refractivity contribution in [3.8, 4) is 16.8 Å². The third kappa shape index (κ3) is 4.23. The van der Waals surface area contributed by atoms with Gasteiger partial charge in [-0.15, -0.1) is 0 Å². The summed E-state index contributed by atoms with van der Waals surface area (Å²) in [5, 5.41) is 4.78. The average molecular weight is 645 g/mol. The van der Waals surface area contributed by atoms with Crippen LogP contribution in [0.3, 0.4) is 0 Å². The highest BCUT2D eigenvalue weighted by molar-refractivity contribution is 6.10. The molecule has 3 heteroatoms. The first-order valence-electron chi connectivity index (χ1n) is 17.6. The molecule has 0 amide bonds. The smallest absolute Gasteiger partial charge is 0.137 e. The van der Waals surface area contributed by atoms with Crippen LogP contribution >= 0.6 is 0 Å². The van der Waals surface area contributed by atoms with Gasteiger partial charge in [-0.3, -0.25) is 0 Å². The SMILES string of the molecule is CC[C@]1(C)c2ccccc2-c2ccc(CN(c3ccc4c(c3)oc3ccccc34)c3ccc4c5ccccc5n(-c5ccccc5)c4c3)cc21. The van der Waals surface area contributed by atoms with Crippen LogP contribution in [-0.4, -0.2) is 4.57 Å². The van der Waals surface area contributed by atoms with Crippen LogP contribution in [0.25, 0.3) is 60.6 Å². The number of anilines is 2. The third-order valence-corrected chi connectivity index (χ3v) is 11.2. The molecule has 0 saturated carbocycles. The Morgan fingerprint density at radius 3 is 2.06 bits per heavy atom. The van der Waals surface area contributed by atoms with Gasteiger partial charge in [-0.2, -0.15) is 0 Å². The van der Waals surface area contributed by atoms with Gasteiger partial charge in [0.05, 0.1) is 11.0 Å². The zero-order valence-electron chi connectivity index (χ0n) is 28.2. The molecule has 2 aromatic heterocycles. The second-order valence-corrected chi connectivity index (χ2v) is 13.9. The summed E-state index contributed by atoms with van der Waals surface area (Å²) in [6.07, 6.45) is 1.05. The van der Waals surface area contributed by atoms with Crippen molar-refractivity contribution in [1.29, 1.82) is 0 Å². The summed E-state index contributed by atoms with van der Waals surface area (Å²) in [6, 6.07) is 57.4. The first-order chi connectivity index (χ1) is 24.6. The van der Waals surface area contributed by atoms with E-state index in [1.807, 2.05) is 6.07 Å². The largest absolute Gasteiger partial charge is 0.456 e. The van der Waals surface area contributed by atoms with E-state index in [0.29, 0.717) is 6.54 Å². The summed E-state index contributed by atoms with van der Waals surface area (Å²) in [7, 11) is 0. The minimum Gasteiger partial charge on any atom is -0.456 e. The van der Waals surface area contributed by atoms with Crippen LogP contribution in [0.4, 0.5) is 11.4 Å². The van der Waals surface area contributed by atoms with Gasteiger partial charge < -0.3 is 13.9 Å². The van der Waals surface area contributed by atoms with Crippen LogP contribution in [0.1, 0.15) is 37.0 Å². The van der Waals surface area contributed by atoms with Crippen LogP contribution in [-0.2, 0) is 12.0 Å². The zero-order valence-corrected chi connectivity index (χ0v) is 28.2. The van der Waals surface area contributed by atoms with Crippen LogP contribution in [0.15, 0.2) is 162 Å². The minimum absolute atomic E-state index is 0.0184. The van der Waals surface area contributed by atoms with E-state index < -0.39 is 0 Å². The number of rotatable bonds is 6. The van der Waals surface area contributed by atoms with E-state index in [1.165, 1.54) is 49.6 Å². The maximum Gasteiger partial charge on any atom is 0.137 e. The van der Waals surface area contributed by atoms with Gasteiger partial charge >= 0.3 is 0 Å². The summed E-state index contributed by atoms with van der Waals surface area (Å²) < 4.78 is 8.82. The molecule has 9 aromatic rings. The van der Waals surface area contributed by atoms with Gasteiger partial charge in [-0.1, -0.05) is 117 Å². The molecule has 10 rings (SSSR count). The molecule has 50 heavy (non-hydrogen) atoms. The van der Waals surface area contributed by atoms with Gasteiger partial charge in [0.1, 0.15) is 11.2 Å². The van der Waals surface area contributed by atoms with Gasteiger partial charge in [0.15, 0.2) is 0 Å². The molecule has 0 N–H and O–H groups in total. The van der Waals surface area contributed by atoms with Crippen molar-refractivity contribution < 1.29 is 4.42 Å². The summed E-state index contributed by atoms with van der Waals surface area (Å²) in [5.74, 6) is 0. The quantitative estimate of drug-likeness (QED) is 0.180. The van der Waals surface area contributed by atoms with Crippen LogP contribution in [0, 0.1) is 0 Å². The highest BCUT2D eigenvalue weighted by Gasteiger charge is 2.37. The standard InChI is InChI=1S/C47H36N2O/c1-3-47(2)41-18-10-7-15-35(41)36-24-21-31(27-42(36)47)30-48(34-23-26-40-39-17-9-12-20-45(39)50-46(40)29-34)33-22-25-38-37-16-8-11-19-43(37)49(44(38)28-33)32-13-5-4-6-14-32/h4-29H,3,30H2,1-2H3/t47-/m1/s1. The molecule has 0 saturated heterocycles. The minimum atomic E-state index is -0.0184. The summed E-state index contributed by atoms with van der Waals surface area (Å²) in [5.41, 5.74) is 14.4. The Kier molecular flexibility index (Phi) is 6.35. The molecule has 1 aliphatic rings. The van der Waals surface area contributed by atoms with Crippen molar-refractivity contribution in [1.82, 2.24) is 4.57 Å². The molecule has 0 spiro atoms. The number of benzene rings is 7. The van der Waals surface area contributed by atoms with Gasteiger partial charge in [0, 0.05) is 56.6 Å². The van der Waals surface area contributed by atoms with Crippen molar-refractivity contribution in [3.63, 3.8) is 0 Å². The molecule has 2 heterocycles. The second kappa shape index (κ2) is 11.0. The number of hydrogen-bond donors (Lipinski definition) is 0. The van der Waals surface area contributed by atoms with E-state index in [0.717, 1.165) is 45.4 Å². The average Bonchev–Trinajstić information content (AvgIpc) is 3.79. The summed E-state index contributed by atoms with van der Waals surface area (Å²) >= 11 is 0. The maximum absolute atomic E-state index is 6.42. The molecular formula is C47H36N2O. The Morgan fingerprint density at radius 2 is 1.20 bits per heavy atom. The van der Waals surface area contributed by atoms with Gasteiger partial charge in [-0.25, -0.2) is 0 Å². The first kappa shape index (κ1) is 28.9. The lowest BCUT2D eigenvalue weighted by Gasteiger charge is -2.28. The second-order valence-electron chi connectivity index (χ2n) is 13.9. The number of furan rings is 1. The first-order valence-corrected chi connectivity index (χ1v) is 17.6. The van der Waals surface area contributed by atoms with Crippen molar-refractivity contribution in [3.05, 3.63) is 174 Å². The number of para-hydroxylation sites is 3. The molecule has 1 aliphatic carbocycles. The van der Waals surface area contributed by atoms with E-state index in [-0.39, 0.29) is 5.41 Å². The zero-order chi connectivity index (χ0) is 33.4. The monoisotopic (exact) mass is 644 g/mol. The molecule has 240 valence electrons.